The largest absolute Gasteiger partial charge is 0.484 e. The average molecular weight is 445 g/mol. The molecule has 168 valence electrons. The highest BCUT2D eigenvalue weighted by Crippen LogP contribution is 2.21. The second kappa shape index (κ2) is 10.7. The summed E-state index contributed by atoms with van der Waals surface area (Å²) in [5, 5.41) is 3.49. The molecule has 2 rings (SSSR count). The monoisotopic (exact) mass is 444 g/mol. The van der Waals surface area contributed by atoms with Gasteiger partial charge in [-0.1, -0.05) is 55.8 Å². The van der Waals surface area contributed by atoms with E-state index in [0.29, 0.717) is 16.7 Å². The number of hydrogen-bond acceptors (Lipinski definition) is 3. The van der Waals surface area contributed by atoms with Crippen molar-refractivity contribution >= 4 is 23.4 Å². The number of carbonyl (C=O) groups excluding carboxylic acids is 2. The molecule has 6 heteroatoms. The van der Waals surface area contributed by atoms with Crippen LogP contribution in [0.3, 0.4) is 0 Å². The summed E-state index contributed by atoms with van der Waals surface area (Å²) in [5.41, 5.74) is 1.57. The standard InChI is InChI=1S/C25H33ClN2O3/c1-17(2)19-11-13-21(14-12-19)31-16-23(29)28(15-20-9-7-8-10-22(20)26)18(3)24(30)27-25(4,5)6/h7-14,17-18H,15-16H2,1-6H3,(H,27,30). The van der Waals surface area contributed by atoms with Crippen molar-refractivity contribution in [3.63, 3.8) is 0 Å². The quantitative estimate of drug-likeness (QED) is 0.610. The van der Waals surface area contributed by atoms with Crippen LogP contribution in [0.2, 0.25) is 5.02 Å². The fraction of sp³-hybridized carbons (Fsp3) is 0.440. The first-order valence-corrected chi connectivity index (χ1v) is 10.9. The first-order valence-electron chi connectivity index (χ1n) is 10.6. The van der Waals surface area contributed by atoms with Crippen molar-refractivity contribution in [2.75, 3.05) is 6.61 Å². The zero-order valence-corrected chi connectivity index (χ0v) is 20.0. The lowest BCUT2D eigenvalue weighted by molar-refractivity contribution is -0.142. The fourth-order valence-electron chi connectivity index (χ4n) is 3.04. The van der Waals surface area contributed by atoms with Crippen LogP contribution < -0.4 is 10.1 Å². The number of amides is 2. The Bertz CT molecular complexity index is 888. The van der Waals surface area contributed by atoms with Crippen molar-refractivity contribution in [2.24, 2.45) is 0 Å². The van der Waals surface area contributed by atoms with Crippen LogP contribution in [0.15, 0.2) is 48.5 Å². The minimum atomic E-state index is -0.685. The maximum Gasteiger partial charge on any atom is 0.261 e. The van der Waals surface area contributed by atoms with Crippen LogP contribution in [0, 0.1) is 0 Å². The molecular weight excluding hydrogens is 412 g/mol. The van der Waals surface area contributed by atoms with Crippen molar-refractivity contribution in [2.45, 2.75) is 65.6 Å². The van der Waals surface area contributed by atoms with E-state index < -0.39 is 11.6 Å². The highest BCUT2D eigenvalue weighted by Gasteiger charge is 2.29. The lowest BCUT2D eigenvalue weighted by Gasteiger charge is -2.31. The molecule has 0 aliphatic rings. The number of ether oxygens (including phenoxy) is 1. The summed E-state index contributed by atoms with van der Waals surface area (Å²) in [6.07, 6.45) is 0. The molecule has 1 N–H and O–H groups in total. The maximum atomic E-state index is 13.1. The number of rotatable bonds is 8. The van der Waals surface area contributed by atoms with E-state index in [0.717, 1.165) is 5.56 Å². The number of carbonyl (C=O) groups is 2. The topological polar surface area (TPSA) is 58.6 Å². The number of benzene rings is 2. The SMILES string of the molecule is CC(C)c1ccc(OCC(=O)N(Cc2ccccc2Cl)C(C)C(=O)NC(C)(C)C)cc1. The molecule has 0 aliphatic carbocycles. The molecule has 0 heterocycles. The average Bonchev–Trinajstić information content (AvgIpc) is 2.70. The molecule has 2 aromatic carbocycles. The Labute approximate surface area is 190 Å². The van der Waals surface area contributed by atoms with Gasteiger partial charge < -0.3 is 15.0 Å². The Morgan fingerprint density at radius 2 is 1.65 bits per heavy atom. The van der Waals surface area contributed by atoms with Crippen molar-refractivity contribution in [3.8, 4) is 5.75 Å². The van der Waals surface area contributed by atoms with Gasteiger partial charge in [-0.05, 0) is 62.9 Å². The van der Waals surface area contributed by atoms with Gasteiger partial charge in [0.2, 0.25) is 5.91 Å². The van der Waals surface area contributed by atoms with Crippen molar-refractivity contribution < 1.29 is 14.3 Å². The molecule has 0 saturated heterocycles. The molecule has 0 radical (unpaired) electrons. The molecule has 2 amide bonds. The second-order valence-electron chi connectivity index (χ2n) is 9.04. The van der Waals surface area contributed by atoms with E-state index in [1.165, 1.54) is 10.5 Å². The van der Waals surface area contributed by atoms with Crippen LogP contribution in [-0.4, -0.2) is 34.9 Å². The number of halogens is 1. The van der Waals surface area contributed by atoms with Crippen molar-refractivity contribution in [1.29, 1.82) is 0 Å². The summed E-state index contributed by atoms with van der Waals surface area (Å²) in [4.78, 5) is 27.4. The smallest absolute Gasteiger partial charge is 0.261 e. The third kappa shape index (κ3) is 7.59. The Hall–Kier alpha value is -2.53. The Balaban J connectivity index is 2.16. The van der Waals surface area contributed by atoms with E-state index in [1.54, 1.807) is 13.0 Å². The van der Waals surface area contributed by atoms with Gasteiger partial charge in [0.05, 0.1) is 0 Å². The maximum absolute atomic E-state index is 13.1. The predicted molar refractivity (Wildman–Crippen MR) is 125 cm³/mol. The van der Waals surface area contributed by atoms with Crippen LogP contribution >= 0.6 is 11.6 Å². The molecule has 0 fully saturated rings. The van der Waals surface area contributed by atoms with E-state index in [1.807, 2.05) is 63.2 Å². The second-order valence-corrected chi connectivity index (χ2v) is 9.45. The van der Waals surface area contributed by atoms with Gasteiger partial charge >= 0.3 is 0 Å². The van der Waals surface area contributed by atoms with Crippen molar-refractivity contribution in [1.82, 2.24) is 10.2 Å². The van der Waals surface area contributed by atoms with Gasteiger partial charge in [-0.15, -0.1) is 0 Å². The third-order valence-electron chi connectivity index (χ3n) is 4.87. The van der Waals surface area contributed by atoms with Crippen molar-refractivity contribution in [3.05, 3.63) is 64.7 Å². The predicted octanol–water partition coefficient (Wildman–Crippen LogP) is 5.17. The Morgan fingerprint density at radius 3 is 2.19 bits per heavy atom. The van der Waals surface area contributed by atoms with E-state index in [2.05, 4.69) is 19.2 Å². The molecule has 5 nitrogen and oxygen atoms in total. The van der Waals surface area contributed by atoms with Gasteiger partial charge in [0.25, 0.3) is 5.91 Å². The molecule has 1 atom stereocenters. The van der Waals surface area contributed by atoms with E-state index in [9.17, 15) is 9.59 Å². The summed E-state index contributed by atoms with van der Waals surface area (Å²) in [7, 11) is 0. The molecule has 0 bridgehead atoms. The van der Waals surface area contributed by atoms with Crippen LogP contribution in [-0.2, 0) is 16.1 Å². The first-order chi connectivity index (χ1) is 14.5. The van der Waals surface area contributed by atoms with Gasteiger partial charge in [0.1, 0.15) is 11.8 Å². The highest BCUT2D eigenvalue weighted by molar-refractivity contribution is 6.31. The lowest BCUT2D eigenvalue weighted by atomic mass is 10.0. The van der Waals surface area contributed by atoms with E-state index in [-0.39, 0.29) is 25.0 Å². The highest BCUT2D eigenvalue weighted by atomic mass is 35.5. The third-order valence-corrected chi connectivity index (χ3v) is 5.24. The minimum absolute atomic E-state index is 0.168. The number of hydrogen-bond donors (Lipinski definition) is 1. The Morgan fingerprint density at radius 1 is 1.03 bits per heavy atom. The summed E-state index contributed by atoms with van der Waals surface area (Å²) in [6.45, 7) is 11.7. The summed E-state index contributed by atoms with van der Waals surface area (Å²) < 4.78 is 5.73. The molecule has 0 aromatic heterocycles. The first kappa shape index (κ1) is 24.7. The molecule has 0 aliphatic heterocycles. The normalized spacial score (nSPS) is 12.4. The molecule has 0 spiro atoms. The molecule has 31 heavy (non-hydrogen) atoms. The fourth-order valence-corrected chi connectivity index (χ4v) is 3.24. The zero-order chi connectivity index (χ0) is 23.2. The molecule has 2 aromatic rings. The summed E-state index contributed by atoms with van der Waals surface area (Å²) in [6, 6.07) is 14.3. The summed E-state index contributed by atoms with van der Waals surface area (Å²) >= 11 is 6.31. The Kier molecular flexibility index (Phi) is 8.52. The van der Waals surface area contributed by atoms with Crippen LogP contribution in [0.5, 0.6) is 5.75 Å². The van der Waals surface area contributed by atoms with Gasteiger partial charge in [0, 0.05) is 17.1 Å². The van der Waals surface area contributed by atoms with E-state index in [4.69, 9.17) is 16.3 Å². The minimum Gasteiger partial charge on any atom is -0.484 e. The van der Waals surface area contributed by atoms with Gasteiger partial charge in [-0.3, -0.25) is 9.59 Å². The van der Waals surface area contributed by atoms with Crippen LogP contribution in [0.4, 0.5) is 0 Å². The lowest BCUT2D eigenvalue weighted by Crippen LogP contribution is -2.53. The molecular formula is C25H33ClN2O3. The molecule has 1 unspecified atom stereocenters. The van der Waals surface area contributed by atoms with Crippen LogP contribution in [0.1, 0.15) is 58.6 Å². The van der Waals surface area contributed by atoms with Crippen LogP contribution in [0.25, 0.3) is 0 Å². The zero-order valence-electron chi connectivity index (χ0n) is 19.2. The van der Waals surface area contributed by atoms with E-state index >= 15 is 0 Å². The van der Waals surface area contributed by atoms with Gasteiger partial charge in [-0.2, -0.15) is 0 Å². The molecule has 0 saturated carbocycles. The van der Waals surface area contributed by atoms with Gasteiger partial charge in [0.15, 0.2) is 6.61 Å². The number of nitrogens with one attached hydrogen (secondary N) is 1. The summed E-state index contributed by atoms with van der Waals surface area (Å²) in [5.74, 6) is 0.518. The van der Waals surface area contributed by atoms with Gasteiger partial charge in [-0.25, -0.2) is 0 Å². The number of nitrogens with zero attached hydrogens (tertiary/aromatic N) is 1.